The van der Waals surface area contributed by atoms with Crippen LogP contribution in [-0.2, 0) is 14.8 Å². The summed E-state index contributed by atoms with van der Waals surface area (Å²) in [4.78, 5) is 23.8. The zero-order chi connectivity index (χ0) is 18.8. The number of carboxylic acid groups (broad SMARTS) is 1. The lowest BCUT2D eigenvalue weighted by Crippen LogP contribution is -2.42. The first-order chi connectivity index (χ1) is 11.6. The molecule has 1 saturated carbocycles. The number of nitrogens with one attached hydrogen (secondary N) is 2. The van der Waals surface area contributed by atoms with Gasteiger partial charge in [0.05, 0.1) is 4.90 Å². The largest absolute Gasteiger partial charge is 0.480 e. The molecule has 8 heteroatoms. The van der Waals surface area contributed by atoms with E-state index in [1.54, 1.807) is 13.0 Å². The van der Waals surface area contributed by atoms with Crippen molar-refractivity contribution >= 4 is 21.9 Å². The fraction of sp³-hybridized carbons (Fsp3) is 0.529. The van der Waals surface area contributed by atoms with Gasteiger partial charge in [-0.2, -0.15) is 0 Å². The molecule has 138 valence electrons. The van der Waals surface area contributed by atoms with Gasteiger partial charge in [-0.05, 0) is 49.8 Å². The summed E-state index contributed by atoms with van der Waals surface area (Å²) in [5, 5.41) is 11.7. The van der Waals surface area contributed by atoms with Crippen molar-refractivity contribution in [3.8, 4) is 0 Å². The summed E-state index contributed by atoms with van der Waals surface area (Å²) in [7, 11) is -3.68. The van der Waals surface area contributed by atoms with Gasteiger partial charge in [-0.25, -0.2) is 17.9 Å². The highest BCUT2D eigenvalue weighted by molar-refractivity contribution is 7.89. The van der Waals surface area contributed by atoms with Gasteiger partial charge in [-0.15, -0.1) is 0 Å². The highest BCUT2D eigenvalue weighted by atomic mass is 32.2. The normalized spacial score (nSPS) is 15.8. The molecule has 0 heterocycles. The third-order valence-electron chi connectivity index (χ3n) is 3.97. The molecule has 3 N–H and O–H groups in total. The fourth-order valence-electron chi connectivity index (χ4n) is 2.43. The molecule has 0 bridgehead atoms. The Bertz CT molecular complexity index is 769. The van der Waals surface area contributed by atoms with E-state index in [1.165, 1.54) is 12.1 Å². The molecular formula is C17H24N2O5S. The van der Waals surface area contributed by atoms with E-state index in [0.717, 1.165) is 12.8 Å². The van der Waals surface area contributed by atoms with Crippen molar-refractivity contribution in [2.45, 2.75) is 57.0 Å². The van der Waals surface area contributed by atoms with Crippen molar-refractivity contribution in [2.75, 3.05) is 0 Å². The van der Waals surface area contributed by atoms with E-state index < -0.39 is 27.9 Å². The van der Waals surface area contributed by atoms with E-state index in [4.69, 9.17) is 0 Å². The van der Waals surface area contributed by atoms with Crippen molar-refractivity contribution in [2.24, 2.45) is 5.92 Å². The minimum absolute atomic E-state index is 0.00545. The molecule has 1 unspecified atom stereocenters. The maximum atomic E-state index is 12.5. The molecule has 1 aliphatic carbocycles. The number of carbonyl (C=O) groups is 2. The quantitative estimate of drug-likeness (QED) is 0.646. The summed E-state index contributed by atoms with van der Waals surface area (Å²) in [6.07, 6.45) is 1.92. The molecule has 1 amide bonds. The van der Waals surface area contributed by atoms with E-state index in [9.17, 15) is 23.1 Å². The molecule has 1 aromatic rings. The molecule has 1 fully saturated rings. The van der Waals surface area contributed by atoms with E-state index in [-0.39, 0.29) is 22.4 Å². The van der Waals surface area contributed by atoms with Gasteiger partial charge in [0.15, 0.2) is 0 Å². The van der Waals surface area contributed by atoms with Crippen LogP contribution >= 0.6 is 0 Å². The summed E-state index contributed by atoms with van der Waals surface area (Å²) in [5.41, 5.74) is 0.741. The van der Waals surface area contributed by atoms with Crippen LogP contribution < -0.4 is 10.0 Å². The summed E-state index contributed by atoms with van der Waals surface area (Å²) in [6, 6.07) is 3.24. The summed E-state index contributed by atoms with van der Waals surface area (Å²) in [5.74, 6) is -1.61. The number of benzene rings is 1. The molecule has 25 heavy (non-hydrogen) atoms. The van der Waals surface area contributed by atoms with Crippen molar-refractivity contribution in [3.63, 3.8) is 0 Å². The third-order valence-corrected chi connectivity index (χ3v) is 5.49. The van der Waals surface area contributed by atoms with Crippen LogP contribution in [0.2, 0.25) is 0 Å². The SMILES string of the molecule is Cc1ccc(S(=O)(=O)NC2CC2)cc1C(=O)NC(CC(C)C)C(=O)O. The smallest absolute Gasteiger partial charge is 0.326 e. The Morgan fingerprint density at radius 1 is 1.28 bits per heavy atom. The molecule has 1 aromatic carbocycles. The van der Waals surface area contributed by atoms with Crippen molar-refractivity contribution < 1.29 is 23.1 Å². The lowest BCUT2D eigenvalue weighted by Gasteiger charge is -2.17. The second-order valence-electron chi connectivity index (χ2n) is 6.87. The topological polar surface area (TPSA) is 113 Å². The summed E-state index contributed by atoms with van der Waals surface area (Å²) in [6.45, 7) is 5.41. The number of sulfonamides is 1. The van der Waals surface area contributed by atoms with Crippen LogP contribution in [-0.4, -0.2) is 37.5 Å². The van der Waals surface area contributed by atoms with E-state index >= 15 is 0 Å². The second-order valence-corrected chi connectivity index (χ2v) is 8.58. The summed E-state index contributed by atoms with van der Waals surface area (Å²) < 4.78 is 27.2. The molecule has 0 saturated heterocycles. The molecule has 0 aliphatic heterocycles. The van der Waals surface area contributed by atoms with Gasteiger partial charge >= 0.3 is 5.97 Å². The summed E-state index contributed by atoms with van der Waals surface area (Å²) >= 11 is 0. The fourth-order valence-corrected chi connectivity index (χ4v) is 3.76. The number of amides is 1. The standard InChI is InChI=1S/C17H24N2O5S/c1-10(2)8-15(17(21)22)18-16(20)14-9-13(7-4-11(14)3)25(23,24)19-12-5-6-12/h4,7,9-10,12,15,19H,5-6,8H2,1-3H3,(H,18,20)(H,21,22). The zero-order valence-electron chi connectivity index (χ0n) is 14.6. The van der Waals surface area contributed by atoms with Crippen LogP contribution in [0.25, 0.3) is 0 Å². The van der Waals surface area contributed by atoms with E-state index in [0.29, 0.717) is 12.0 Å². The molecule has 1 aliphatic rings. The number of hydrogen-bond acceptors (Lipinski definition) is 4. The Kier molecular flexibility index (Phi) is 5.84. The Morgan fingerprint density at radius 3 is 2.44 bits per heavy atom. The van der Waals surface area contributed by atoms with E-state index in [2.05, 4.69) is 10.0 Å². The van der Waals surface area contributed by atoms with Crippen LogP contribution in [0, 0.1) is 12.8 Å². The van der Waals surface area contributed by atoms with Crippen LogP contribution in [0.4, 0.5) is 0 Å². The minimum atomic E-state index is -3.68. The highest BCUT2D eigenvalue weighted by Crippen LogP contribution is 2.23. The van der Waals surface area contributed by atoms with Crippen LogP contribution in [0.15, 0.2) is 23.1 Å². The van der Waals surface area contributed by atoms with Gasteiger partial charge in [0.1, 0.15) is 6.04 Å². The Balaban J connectivity index is 2.23. The molecule has 1 atom stereocenters. The number of aliphatic carboxylic acids is 1. The van der Waals surface area contributed by atoms with Gasteiger partial charge in [0.2, 0.25) is 10.0 Å². The Morgan fingerprint density at radius 2 is 1.92 bits per heavy atom. The monoisotopic (exact) mass is 368 g/mol. The average molecular weight is 368 g/mol. The van der Waals surface area contributed by atoms with Crippen molar-refractivity contribution in [3.05, 3.63) is 29.3 Å². The lowest BCUT2D eigenvalue weighted by atomic mass is 10.0. The maximum absolute atomic E-state index is 12.5. The van der Waals surface area contributed by atoms with Gasteiger partial charge in [-0.1, -0.05) is 19.9 Å². The molecular weight excluding hydrogens is 344 g/mol. The van der Waals surface area contributed by atoms with Gasteiger partial charge in [-0.3, -0.25) is 4.79 Å². The number of hydrogen-bond donors (Lipinski definition) is 3. The molecule has 7 nitrogen and oxygen atoms in total. The predicted molar refractivity (Wildman–Crippen MR) is 92.9 cm³/mol. The van der Waals surface area contributed by atoms with Gasteiger partial charge in [0.25, 0.3) is 5.91 Å². The molecule has 0 spiro atoms. The zero-order valence-corrected chi connectivity index (χ0v) is 15.4. The third kappa shape index (κ3) is 5.27. The lowest BCUT2D eigenvalue weighted by molar-refractivity contribution is -0.139. The first kappa shape index (κ1) is 19.4. The van der Waals surface area contributed by atoms with E-state index in [1.807, 2.05) is 13.8 Å². The number of rotatable bonds is 8. The first-order valence-electron chi connectivity index (χ1n) is 8.27. The minimum Gasteiger partial charge on any atom is -0.480 e. The highest BCUT2D eigenvalue weighted by Gasteiger charge is 2.29. The average Bonchev–Trinajstić information content (AvgIpc) is 3.29. The van der Waals surface area contributed by atoms with Crippen LogP contribution in [0.5, 0.6) is 0 Å². The molecule has 0 aromatic heterocycles. The van der Waals surface area contributed by atoms with Gasteiger partial charge in [0, 0.05) is 11.6 Å². The number of carboxylic acids is 1. The van der Waals surface area contributed by atoms with Gasteiger partial charge < -0.3 is 10.4 Å². The second kappa shape index (κ2) is 7.53. The Labute approximate surface area is 147 Å². The number of aryl methyl sites for hydroxylation is 1. The van der Waals surface area contributed by atoms with Crippen molar-refractivity contribution in [1.29, 1.82) is 0 Å². The maximum Gasteiger partial charge on any atom is 0.326 e. The number of carbonyl (C=O) groups excluding carboxylic acids is 1. The van der Waals surface area contributed by atoms with Crippen LogP contribution in [0.3, 0.4) is 0 Å². The first-order valence-corrected chi connectivity index (χ1v) is 9.75. The molecule has 2 rings (SSSR count). The van der Waals surface area contributed by atoms with Crippen LogP contribution in [0.1, 0.15) is 49.0 Å². The predicted octanol–water partition coefficient (Wildman–Crippen LogP) is 1.66. The molecule has 0 radical (unpaired) electrons. The Hall–Kier alpha value is -1.93. The van der Waals surface area contributed by atoms with Crippen molar-refractivity contribution in [1.82, 2.24) is 10.0 Å².